The molecule has 0 atom stereocenters. The smallest absolute Gasteiger partial charge is 0.256 e. The van der Waals surface area contributed by atoms with Gasteiger partial charge in [0.05, 0.1) is 16.9 Å². The summed E-state index contributed by atoms with van der Waals surface area (Å²) >= 11 is 1.49. The number of carbonyl (C=O) groups excluding carboxylic acids is 1. The first kappa shape index (κ1) is 11.5. The van der Waals surface area contributed by atoms with E-state index in [0.717, 1.165) is 11.3 Å². The van der Waals surface area contributed by atoms with Crippen molar-refractivity contribution in [3.05, 3.63) is 53.0 Å². The van der Waals surface area contributed by atoms with Crippen LogP contribution in [0, 0.1) is 0 Å². The molecule has 0 spiro atoms. The molecular formula is C13H12N2OS. The van der Waals surface area contributed by atoms with Crippen molar-refractivity contribution in [1.82, 2.24) is 4.98 Å². The highest BCUT2D eigenvalue weighted by atomic mass is 32.1. The van der Waals surface area contributed by atoms with E-state index in [-0.39, 0.29) is 5.91 Å². The molecule has 2 rings (SSSR count). The minimum Gasteiger partial charge on any atom is -0.320 e. The zero-order valence-corrected chi connectivity index (χ0v) is 10.3. The number of allylic oxidation sites excluding steroid dienone is 1. The first-order chi connectivity index (χ1) is 8.18. The van der Waals surface area contributed by atoms with Gasteiger partial charge < -0.3 is 5.32 Å². The summed E-state index contributed by atoms with van der Waals surface area (Å²) < 4.78 is 0. The lowest BCUT2D eigenvalue weighted by molar-refractivity contribution is 0.102. The largest absolute Gasteiger partial charge is 0.320 e. The number of nitrogens with one attached hydrogen (secondary N) is 1. The SMILES string of the molecule is C=C(C)c1ncccc1NC(=O)c1ccsc1. The van der Waals surface area contributed by atoms with Gasteiger partial charge in [0.15, 0.2) is 0 Å². The molecule has 17 heavy (non-hydrogen) atoms. The molecule has 0 radical (unpaired) electrons. The van der Waals surface area contributed by atoms with Gasteiger partial charge in [-0.3, -0.25) is 9.78 Å². The predicted molar refractivity (Wildman–Crippen MR) is 71.2 cm³/mol. The van der Waals surface area contributed by atoms with Crippen molar-refractivity contribution < 1.29 is 4.79 Å². The minimum atomic E-state index is -0.123. The highest BCUT2D eigenvalue weighted by Gasteiger charge is 2.10. The first-order valence-electron chi connectivity index (χ1n) is 5.13. The Labute approximate surface area is 104 Å². The van der Waals surface area contributed by atoms with Crippen molar-refractivity contribution in [1.29, 1.82) is 0 Å². The van der Waals surface area contributed by atoms with Crippen LogP contribution in [0.3, 0.4) is 0 Å². The van der Waals surface area contributed by atoms with Gasteiger partial charge in [0, 0.05) is 11.6 Å². The maximum Gasteiger partial charge on any atom is 0.256 e. The summed E-state index contributed by atoms with van der Waals surface area (Å²) in [6.07, 6.45) is 1.68. The van der Waals surface area contributed by atoms with E-state index in [0.29, 0.717) is 11.3 Å². The van der Waals surface area contributed by atoms with Gasteiger partial charge in [0.1, 0.15) is 0 Å². The molecule has 0 saturated heterocycles. The van der Waals surface area contributed by atoms with E-state index < -0.39 is 0 Å². The fourth-order valence-corrected chi connectivity index (χ4v) is 2.07. The van der Waals surface area contributed by atoms with Crippen LogP contribution in [0.5, 0.6) is 0 Å². The van der Waals surface area contributed by atoms with Crippen LogP contribution in [0.25, 0.3) is 5.57 Å². The van der Waals surface area contributed by atoms with Crippen molar-refractivity contribution in [2.24, 2.45) is 0 Å². The molecule has 3 nitrogen and oxygen atoms in total. The monoisotopic (exact) mass is 244 g/mol. The Morgan fingerprint density at radius 2 is 2.29 bits per heavy atom. The van der Waals surface area contributed by atoms with E-state index in [2.05, 4.69) is 16.9 Å². The number of nitrogens with zero attached hydrogens (tertiary/aromatic N) is 1. The molecule has 0 aliphatic heterocycles. The van der Waals surface area contributed by atoms with E-state index in [1.54, 1.807) is 18.3 Å². The Morgan fingerprint density at radius 3 is 2.94 bits per heavy atom. The Hall–Kier alpha value is -1.94. The highest BCUT2D eigenvalue weighted by molar-refractivity contribution is 7.08. The predicted octanol–water partition coefficient (Wildman–Crippen LogP) is 3.43. The molecule has 0 aliphatic rings. The topological polar surface area (TPSA) is 42.0 Å². The van der Waals surface area contributed by atoms with Crippen LogP contribution in [0.1, 0.15) is 23.0 Å². The molecule has 1 amide bonds. The third-order valence-electron chi connectivity index (χ3n) is 2.24. The number of pyridine rings is 1. The zero-order chi connectivity index (χ0) is 12.3. The average molecular weight is 244 g/mol. The van der Waals surface area contributed by atoms with Gasteiger partial charge in [-0.25, -0.2) is 0 Å². The van der Waals surface area contributed by atoms with Gasteiger partial charge in [0.2, 0.25) is 0 Å². The third-order valence-corrected chi connectivity index (χ3v) is 2.93. The average Bonchev–Trinajstić information content (AvgIpc) is 2.83. The molecule has 1 N–H and O–H groups in total. The number of hydrogen-bond donors (Lipinski definition) is 1. The van der Waals surface area contributed by atoms with E-state index in [1.807, 2.05) is 23.8 Å². The molecule has 0 bridgehead atoms. The number of anilines is 1. The molecule has 4 heteroatoms. The molecule has 2 aromatic rings. The number of rotatable bonds is 3. The van der Waals surface area contributed by atoms with Gasteiger partial charge in [-0.2, -0.15) is 11.3 Å². The quantitative estimate of drug-likeness (QED) is 0.898. The second-order valence-electron chi connectivity index (χ2n) is 3.65. The summed E-state index contributed by atoms with van der Waals surface area (Å²) in [4.78, 5) is 16.1. The summed E-state index contributed by atoms with van der Waals surface area (Å²) in [5, 5.41) is 6.52. The zero-order valence-electron chi connectivity index (χ0n) is 9.43. The third kappa shape index (κ3) is 2.60. The number of aromatic nitrogens is 1. The summed E-state index contributed by atoms with van der Waals surface area (Å²) in [7, 11) is 0. The number of thiophene rings is 1. The van der Waals surface area contributed by atoms with Crippen molar-refractivity contribution in [2.45, 2.75) is 6.92 Å². The molecule has 86 valence electrons. The lowest BCUT2D eigenvalue weighted by atomic mass is 10.2. The Kier molecular flexibility index (Phi) is 3.35. The lowest BCUT2D eigenvalue weighted by Crippen LogP contribution is -2.12. The molecule has 2 heterocycles. The Morgan fingerprint density at radius 1 is 1.47 bits per heavy atom. The van der Waals surface area contributed by atoms with E-state index in [1.165, 1.54) is 11.3 Å². The van der Waals surface area contributed by atoms with Crippen LogP contribution >= 0.6 is 11.3 Å². The van der Waals surface area contributed by atoms with Crippen molar-refractivity contribution in [2.75, 3.05) is 5.32 Å². The fourth-order valence-electron chi connectivity index (χ4n) is 1.43. The minimum absolute atomic E-state index is 0.123. The standard InChI is InChI=1S/C13H12N2OS/c1-9(2)12-11(4-3-6-14-12)15-13(16)10-5-7-17-8-10/h3-8H,1H2,2H3,(H,15,16). The van der Waals surface area contributed by atoms with Crippen molar-refractivity contribution in [3.8, 4) is 0 Å². The Bertz CT molecular complexity index is 546. The maximum atomic E-state index is 11.9. The molecule has 0 unspecified atom stereocenters. The summed E-state index contributed by atoms with van der Waals surface area (Å²) in [5.74, 6) is -0.123. The van der Waals surface area contributed by atoms with Crippen LogP contribution in [-0.4, -0.2) is 10.9 Å². The van der Waals surface area contributed by atoms with E-state index >= 15 is 0 Å². The normalized spacial score (nSPS) is 9.94. The molecule has 0 saturated carbocycles. The number of amides is 1. The summed E-state index contributed by atoms with van der Waals surface area (Å²) in [5.41, 5.74) is 2.89. The second-order valence-corrected chi connectivity index (χ2v) is 4.43. The molecule has 0 aliphatic carbocycles. The van der Waals surface area contributed by atoms with Crippen LogP contribution < -0.4 is 5.32 Å². The maximum absolute atomic E-state index is 11.9. The number of hydrogen-bond acceptors (Lipinski definition) is 3. The summed E-state index contributed by atoms with van der Waals surface area (Å²) in [6, 6.07) is 5.40. The van der Waals surface area contributed by atoms with Crippen LogP contribution in [0.2, 0.25) is 0 Å². The summed E-state index contributed by atoms with van der Waals surface area (Å²) in [6.45, 7) is 5.71. The fraction of sp³-hybridized carbons (Fsp3) is 0.0769. The van der Waals surface area contributed by atoms with Crippen molar-refractivity contribution in [3.63, 3.8) is 0 Å². The van der Waals surface area contributed by atoms with E-state index in [9.17, 15) is 4.79 Å². The molecule has 0 aromatic carbocycles. The van der Waals surface area contributed by atoms with Crippen LogP contribution in [0.4, 0.5) is 5.69 Å². The first-order valence-corrected chi connectivity index (χ1v) is 6.07. The lowest BCUT2D eigenvalue weighted by Gasteiger charge is -2.08. The molecule has 2 aromatic heterocycles. The van der Waals surface area contributed by atoms with Gasteiger partial charge in [-0.1, -0.05) is 6.58 Å². The Balaban J connectivity index is 2.25. The number of carbonyl (C=O) groups is 1. The van der Waals surface area contributed by atoms with Gasteiger partial charge in [-0.15, -0.1) is 0 Å². The van der Waals surface area contributed by atoms with Crippen molar-refractivity contribution >= 4 is 28.5 Å². The molecule has 0 fully saturated rings. The van der Waals surface area contributed by atoms with Crippen LogP contribution in [0.15, 0.2) is 41.7 Å². The van der Waals surface area contributed by atoms with Gasteiger partial charge in [-0.05, 0) is 36.1 Å². The second kappa shape index (κ2) is 4.93. The molecular weight excluding hydrogens is 232 g/mol. The van der Waals surface area contributed by atoms with Gasteiger partial charge >= 0.3 is 0 Å². The van der Waals surface area contributed by atoms with E-state index in [4.69, 9.17) is 0 Å². The van der Waals surface area contributed by atoms with Gasteiger partial charge in [0.25, 0.3) is 5.91 Å². The highest BCUT2D eigenvalue weighted by Crippen LogP contribution is 2.20. The van der Waals surface area contributed by atoms with Crippen LogP contribution in [-0.2, 0) is 0 Å².